The van der Waals surface area contributed by atoms with E-state index < -0.39 is 0 Å². The molecule has 0 radical (unpaired) electrons. The molecule has 188 valence electrons. The second-order valence-electron chi connectivity index (χ2n) is 9.46. The minimum atomic E-state index is 0.0431. The summed E-state index contributed by atoms with van der Waals surface area (Å²) in [5, 5.41) is 14.4. The number of aryl methyl sites for hydroxylation is 1. The van der Waals surface area contributed by atoms with Crippen LogP contribution < -0.4 is 5.69 Å². The fraction of sp³-hybridized carbons (Fsp3) is 0.444. The zero-order chi connectivity index (χ0) is 24.9. The molecule has 0 bridgehead atoms. The molecular weight excluding hydrogens is 454 g/mol. The van der Waals surface area contributed by atoms with Crippen molar-refractivity contribution in [1.82, 2.24) is 34.7 Å². The van der Waals surface area contributed by atoms with Crippen LogP contribution in [0.5, 0.6) is 0 Å². The summed E-state index contributed by atoms with van der Waals surface area (Å²) in [7, 11) is 1.76. The summed E-state index contributed by atoms with van der Waals surface area (Å²) in [6.45, 7) is 2.67. The van der Waals surface area contributed by atoms with Crippen molar-refractivity contribution in [3.05, 3.63) is 70.5 Å². The quantitative estimate of drug-likeness (QED) is 0.375. The largest absolute Gasteiger partial charge is 0.379 e. The standard InChI is InChI=1S/C27H33N7O2/c1-3-4-9-20-18-34(24-12-7-8-13-25(24)36-2)27(35)33(20)17-19-14-15-23(28-16-19)21-10-5-6-11-22(21)26-29-31-32-30-26/h5-6,10-11,14-16,18,24-25H,3-4,7-9,12-13,17H2,1-2H3,(H,29,30,31,32). The number of nitrogens with zero attached hydrogens (tertiary/aromatic N) is 6. The highest BCUT2D eigenvalue weighted by molar-refractivity contribution is 5.78. The fourth-order valence-electron chi connectivity index (χ4n) is 5.22. The van der Waals surface area contributed by atoms with Gasteiger partial charge in [0.1, 0.15) is 0 Å². The first-order chi connectivity index (χ1) is 17.7. The lowest BCUT2D eigenvalue weighted by molar-refractivity contribution is 0.0276. The average molecular weight is 488 g/mol. The van der Waals surface area contributed by atoms with Crippen molar-refractivity contribution in [2.24, 2.45) is 0 Å². The van der Waals surface area contributed by atoms with Crippen LogP contribution in [0.25, 0.3) is 22.6 Å². The van der Waals surface area contributed by atoms with Gasteiger partial charge in [-0.3, -0.25) is 14.1 Å². The molecule has 1 saturated carbocycles. The number of hydrogen-bond donors (Lipinski definition) is 1. The van der Waals surface area contributed by atoms with E-state index in [1.165, 1.54) is 0 Å². The summed E-state index contributed by atoms with van der Waals surface area (Å²) in [6.07, 6.45) is 11.3. The molecule has 36 heavy (non-hydrogen) atoms. The number of benzene rings is 1. The lowest BCUT2D eigenvalue weighted by atomic mass is 9.92. The van der Waals surface area contributed by atoms with Gasteiger partial charge in [0.05, 0.1) is 24.4 Å². The first-order valence-electron chi connectivity index (χ1n) is 12.8. The van der Waals surface area contributed by atoms with Gasteiger partial charge < -0.3 is 4.74 Å². The smallest absolute Gasteiger partial charge is 0.329 e. The molecule has 3 aromatic heterocycles. The number of aromatic nitrogens is 7. The zero-order valence-corrected chi connectivity index (χ0v) is 20.9. The van der Waals surface area contributed by atoms with Gasteiger partial charge in [0.25, 0.3) is 0 Å². The molecule has 2 atom stereocenters. The first-order valence-corrected chi connectivity index (χ1v) is 12.8. The van der Waals surface area contributed by atoms with Crippen molar-refractivity contribution in [1.29, 1.82) is 0 Å². The number of H-pyrrole nitrogens is 1. The van der Waals surface area contributed by atoms with E-state index in [0.29, 0.717) is 12.4 Å². The van der Waals surface area contributed by atoms with Crippen molar-refractivity contribution >= 4 is 0 Å². The molecule has 0 saturated heterocycles. The highest BCUT2D eigenvalue weighted by atomic mass is 16.5. The molecule has 1 aliphatic rings. The van der Waals surface area contributed by atoms with E-state index in [4.69, 9.17) is 9.72 Å². The number of hydrogen-bond acceptors (Lipinski definition) is 6. The molecule has 1 aromatic carbocycles. The second kappa shape index (κ2) is 11.0. The number of nitrogens with one attached hydrogen (secondary N) is 1. The Morgan fingerprint density at radius 1 is 1.11 bits per heavy atom. The van der Waals surface area contributed by atoms with Crippen LogP contribution in [-0.2, 0) is 17.7 Å². The summed E-state index contributed by atoms with van der Waals surface area (Å²) in [6, 6.07) is 12.0. The molecule has 0 spiro atoms. The monoisotopic (exact) mass is 487 g/mol. The molecule has 9 heteroatoms. The Labute approximate surface area is 210 Å². The maximum atomic E-state index is 13.6. The van der Waals surface area contributed by atoms with Crippen LogP contribution in [0.3, 0.4) is 0 Å². The molecule has 1 N–H and O–H groups in total. The lowest BCUT2D eigenvalue weighted by Gasteiger charge is -2.30. The Balaban J connectivity index is 1.44. The van der Waals surface area contributed by atoms with E-state index in [2.05, 4.69) is 33.7 Å². The van der Waals surface area contributed by atoms with Crippen LogP contribution in [-0.4, -0.2) is 48.0 Å². The van der Waals surface area contributed by atoms with E-state index in [1.54, 1.807) is 7.11 Å². The normalized spacial score (nSPS) is 17.9. The zero-order valence-electron chi connectivity index (χ0n) is 20.9. The van der Waals surface area contributed by atoms with Gasteiger partial charge in [0.15, 0.2) is 0 Å². The van der Waals surface area contributed by atoms with E-state index in [1.807, 2.05) is 51.7 Å². The van der Waals surface area contributed by atoms with Crippen LogP contribution in [0.2, 0.25) is 0 Å². The van der Waals surface area contributed by atoms with Gasteiger partial charge in [-0.15, -0.1) is 10.2 Å². The van der Waals surface area contributed by atoms with Gasteiger partial charge in [0, 0.05) is 36.3 Å². The minimum Gasteiger partial charge on any atom is -0.379 e. The first kappa shape index (κ1) is 24.1. The molecule has 2 unspecified atom stereocenters. The van der Waals surface area contributed by atoms with E-state index in [0.717, 1.165) is 73.0 Å². The third kappa shape index (κ3) is 4.88. The van der Waals surface area contributed by atoms with Crippen LogP contribution in [0.4, 0.5) is 0 Å². The number of ether oxygens (including phenoxy) is 1. The number of tetrazole rings is 1. The third-order valence-corrected chi connectivity index (χ3v) is 7.16. The SMILES string of the molecule is CCCCc1cn(C2CCCCC2OC)c(=O)n1Cc1ccc(-c2ccccc2-c2nn[nH]n2)nc1. The molecule has 1 aliphatic carbocycles. The van der Waals surface area contributed by atoms with Crippen molar-refractivity contribution in [3.8, 4) is 22.6 Å². The summed E-state index contributed by atoms with van der Waals surface area (Å²) in [5.41, 5.74) is 4.72. The topological polar surface area (TPSA) is 104 Å². The van der Waals surface area contributed by atoms with Crippen molar-refractivity contribution < 1.29 is 4.74 Å². The summed E-state index contributed by atoms with van der Waals surface area (Å²) in [5.74, 6) is 0.530. The van der Waals surface area contributed by atoms with E-state index in [-0.39, 0.29) is 17.8 Å². The van der Waals surface area contributed by atoms with Crippen LogP contribution in [0.1, 0.15) is 62.7 Å². The Bertz CT molecular complexity index is 1330. The fourth-order valence-corrected chi connectivity index (χ4v) is 5.22. The highest BCUT2D eigenvalue weighted by Crippen LogP contribution is 2.31. The molecule has 0 amide bonds. The van der Waals surface area contributed by atoms with Crippen LogP contribution in [0.15, 0.2) is 53.6 Å². The Morgan fingerprint density at radius 3 is 2.67 bits per heavy atom. The number of aromatic amines is 1. The van der Waals surface area contributed by atoms with Gasteiger partial charge >= 0.3 is 5.69 Å². The van der Waals surface area contributed by atoms with Gasteiger partial charge in [-0.25, -0.2) is 4.79 Å². The molecular formula is C27H33N7O2. The van der Waals surface area contributed by atoms with Crippen molar-refractivity contribution in [2.75, 3.05) is 7.11 Å². The van der Waals surface area contributed by atoms with Crippen molar-refractivity contribution in [3.63, 3.8) is 0 Å². The third-order valence-electron chi connectivity index (χ3n) is 7.16. The predicted molar refractivity (Wildman–Crippen MR) is 138 cm³/mol. The maximum Gasteiger partial charge on any atom is 0.329 e. The molecule has 1 fully saturated rings. The maximum absolute atomic E-state index is 13.6. The lowest BCUT2D eigenvalue weighted by Crippen LogP contribution is -2.36. The number of pyridine rings is 1. The number of methoxy groups -OCH3 is 1. The van der Waals surface area contributed by atoms with Gasteiger partial charge in [-0.2, -0.15) is 5.21 Å². The number of imidazole rings is 1. The van der Waals surface area contributed by atoms with Crippen molar-refractivity contribution in [2.45, 2.75) is 70.6 Å². The summed E-state index contributed by atoms with van der Waals surface area (Å²) in [4.78, 5) is 18.3. The molecule has 3 heterocycles. The second-order valence-corrected chi connectivity index (χ2v) is 9.46. The highest BCUT2D eigenvalue weighted by Gasteiger charge is 2.29. The number of unbranched alkanes of at least 4 members (excludes halogenated alkanes) is 1. The van der Waals surface area contributed by atoms with Crippen LogP contribution >= 0.6 is 0 Å². The van der Waals surface area contributed by atoms with Gasteiger partial charge in [0.2, 0.25) is 5.82 Å². The molecule has 4 aromatic rings. The Kier molecular flexibility index (Phi) is 7.36. The Hall–Kier alpha value is -3.59. The van der Waals surface area contributed by atoms with Gasteiger partial charge in [-0.1, -0.05) is 56.5 Å². The average Bonchev–Trinajstić information content (AvgIpc) is 3.57. The van der Waals surface area contributed by atoms with E-state index >= 15 is 0 Å². The predicted octanol–water partition coefficient (Wildman–Crippen LogP) is 4.41. The number of rotatable bonds is 9. The summed E-state index contributed by atoms with van der Waals surface area (Å²) >= 11 is 0. The minimum absolute atomic E-state index is 0.0431. The Morgan fingerprint density at radius 2 is 1.94 bits per heavy atom. The molecule has 5 rings (SSSR count). The van der Waals surface area contributed by atoms with Gasteiger partial charge in [-0.05, 0) is 42.5 Å². The van der Waals surface area contributed by atoms with E-state index in [9.17, 15) is 4.79 Å². The van der Waals surface area contributed by atoms with Crippen LogP contribution in [0, 0.1) is 0 Å². The molecule has 9 nitrogen and oxygen atoms in total. The summed E-state index contributed by atoms with van der Waals surface area (Å²) < 4.78 is 9.61. The molecule has 0 aliphatic heterocycles.